The smallest absolute Gasteiger partial charge is 0.206 e. The summed E-state index contributed by atoms with van der Waals surface area (Å²) in [6.45, 7) is 0. The van der Waals surface area contributed by atoms with Crippen molar-refractivity contribution in [2.24, 2.45) is 0 Å². The molecule has 0 saturated carbocycles. The molecule has 0 aliphatic carbocycles. The van der Waals surface area contributed by atoms with Crippen molar-refractivity contribution in [3.63, 3.8) is 0 Å². The summed E-state index contributed by atoms with van der Waals surface area (Å²) in [6.07, 6.45) is -4.52. The van der Waals surface area contributed by atoms with Gasteiger partial charge in [-0.2, -0.15) is 13.2 Å². The topological polar surface area (TPSA) is 0 Å². The number of hydrogen-bond donors (Lipinski definition) is 0. The molecule has 0 bridgehead atoms. The molecule has 0 unspecified atom stereocenters. The summed E-state index contributed by atoms with van der Waals surface area (Å²) in [5.74, 6) is -0.664. The summed E-state index contributed by atoms with van der Waals surface area (Å²) in [5.41, 5.74) is -0.829. The molecule has 0 aliphatic heterocycles. The molecule has 0 nitrogen and oxygen atoms in total. The minimum Gasteiger partial charge on any atom is -0.206 e. The molecule has 19 heavy (non-hydrogen) atoms. The van der Waals surface area contributed by atoms with Gasteiger partial charge in [0.15, 0.2) is 0 Å². The highest BCUT2D eigenvalue weighted by Gasteiger charge is 2.33. The van der Waals surface area contributed by atoms with Crippen LogP contribution in [-0.2, 0) is 6.18 Å². The van der Waals surface area contributed by atoms with Gasteiger partial charge in [0, 0.05) is 10.0 Å². The second-order valence-corrected chi connectivity index (χ2v) is 5.05. The van der Waals surface area contributed by atoms with Crippen LogP contribution < -0.4 is 0 Å². The molecule has 0 fully saturated rings. The quantitative estimate of drug-likeness (QED) is 0.558. The number of benzene rings is 2. The normalized spacial score (nSPS) is 11.7. The first-order valence-electron chi connectivity index (χ1n) is 5.12. The second-order valence-electron chi connectivity index (χ2n) is 3.79. The van der Waals surface area contributed by atoms with Crippen LogP contribution in [0.2, 0.25) is 5.02 Å². The van der Waals surface area contributed by atoms with E-state index in [0.29, 0.717) is 0 Å². The molecule has 2 aromatic rings. The van der Waals surface area contributed by atoms with Crippen molar-refractivity contribution in [3.05, 3.63) is 57.3 Å². The Balaban J connectivity index is 2.65. The van der Waals surface area contributed by atoms with Crippen molar-refractivity contribution in [2.75, 3.05) is 0 Å². The second kappa shape index (κ2) is 5.13. The van der Waals surface area contributed by atoms with E-state index in [4.69, 9.17) is 11.6 Å². The van der Waals surface area contributed by atoms with Gasteiger partial charge in [-0.15, -0.1) is 0 Å². The van der Waals surface area contributed by atoms with E-state index in [0.717, 1.165) is 12.1 Å². The molecule has 0 heterocycles. The van der Waals surface area contributed by atoms with Crippen LogP contribution in [0.5, 0.6) is 0 Å². The molecule has 0 amide bonds. The SMILES string of the molecule is Fc1cccc(Cl)c1-c1ccc(Br)c(C(F)(F)F)c1. The van der Waals surface area contributed by atoms with Crippen LogP contribution in [-0.4, -0.2) is 0 Å². The summed E-state index contributed by atoms with van der Waals surface area (Å²) in [6, 6.07) is 7.44. The van der Waals surface area contributed by atoms with E-state index in [1.165, 1.54) is 24.3 Å². The third kappa shape index (κ3) is 2.92. The average molecular weight is 354 g/mol. The van der Waals surface area contributed by atoms with E-state index in [2.05, 4.69) is 15.9 Å². The molecule has 0 saturated heterocycles. The Morgan fingerprint density at radius 2 is 1.74 bits per heavy atom. The molecule has 100 valence electrons. The number of hydrogen-bond acceptors (Lipinski definition) is 0. The molecule has 0 aliphatic rings. The van der Waals surface area contributed by atoms with Gasteiger partial charge in [-0.3, -0.25) is 0 Å². The zero-order valence-electron chi connectivity index (χ0n) is 9.23. The van der Waals surface area contributed by atoms with Crippen LogP contribution in [0.15, 0.2) is 40.9 Å². The van der Waals surface area contributed by atoms with Gasteiger partial charge in [0.05, 0.1) is 10.6 Å². The maximum absolute atomic E-state index is 13.7. The van der Waals surface area contributed by atoms with E-state index in [9.17, 15) is 17.6 Å². The largest absolute Gasteiger partial charge is 0.417 e. The van der Waals surface area contributed by atoms with E-state index in [-0.39, 0.29) is 20.6 Å². The van der Waals surface area contributed by atoms with Gasteiger partial charge < -0.3 is 0 Å². The minimum atomic E-state index is -4.52. The van der Waals surface area contributed by atoms with Crippen LogP contribution in [0.1, 0.15) is 5.56 Å². The van der Waals surface area contributed by atoms with Crippen LogP contribution in [0.25, 0.3) is 11.1 Å². The van der Waals surface area contributed by atoms with E-state index < -0.39 is 17.6 Å². The summed E-state index contributed by atoms with van der Waals surface area (Å²) in [4.78, 5) is 0. The third-order valence-electron chi connectivity index (χ3n) is 2.52. The number of halogens is 6. The molecule has 0 spiro atoms. The Hall–Kier alpha value is -1.07. The molecule has 0 N–H and O–H groups in total. The maximum Gasteiger partial charge on any atom is 0.417 e. The zero-order chi connectivity index (χ0) is 14.2. The van der Waals surface area contributed by atoms with E-state index >= 15 is 0 Å². The van der Waals surface area contributed by atoms with Gasteiger partial charge in [-0.25, -0.2) is 4.39 Å². The van der Waals surface area contributed by atoms with Crippen molar-refractivity contribution in [3.8, 4) is 11.1 Å². The van der Waals surface area contributed by atoms with Gasteiger partial charge in [0.1, 0.15) is 5.82 Å². The standard InChI is InChI=1S/C13H6BrClF4/c14-9-5-4-7(6-8(9)13(17,18)19)12-10(15)2-1-3-11(12)16/h1-6H. The molecule has 6 heteroatoms. The molecular weight excluding hydrogens is 347 g/mol. The van der Waals surface area contributed by atoms with Crippen molar-refractivity contribution in [2.45, 2.75) is 6.18 Å². The fourth-order valence-corrected chi connectivity index (χ4v) is 2.42. The Morgan fingerprint density at radius 1 is 1.05 bits per heavy atom. The lowest BCUT2D eigenvalue weighted by Gasteiger charge is -2.12. The highest BCUT2D eigenvalue weighted by Crippen LogP contribution is 2.39. The van der Waals surface area contributed by atoms with Gasteiger partial charge in [-0.05, 0) is 29.8 Å². The van der Waals surface area contributed by atoms with Gasteiger partial charge in [0.2, 0.25) is 0 Å². The zero-order valence-corrected chi connectivity index (χ0v) is 11.6. The first kappa shape index (κ1) is 14.3. The average Bonchev–Trinajstić information content (AvgIpc) is 2.29. The lowest BCUT2D eigenvalue weighted by Crippen LogP contribution is -2.06. The van der Waals surface area contributed by atoms with E-state index in [1.54, 1.807) is 0 Å². The summed E-state index contributed by atoms with van der Waals surface area (Å²) < 4.78 is 52.0. The highest BCUT2D eigenvalue weighted by molar-refractivity contribution is 9.10. The van der Waals surface area contributed by atoms with Crippen molar-refractivity contribution >= 4 is 27.5 Å². The molecule has 2 aromatic carbocycles. The Morgan fingerprint density at radius 3 is 2.32 bits per heavy atom. The van der Waals surface area contributed by atoms with Crippen LogP contribution >= 0.6 is 27.5 Å². The summed E-state index contributed by atoms with van der Waals surface area (Å²) in [7, 11) is 0. The Bertz CT molecular complexity index is 602. The molecule has 0 atom stereocenters. The first-order valence-corrected chi connectivity index (χ1v) is 6.29. The van der Waals surface area contributed by atoms with Crippen molar-refractivity contribution < 1.29 is 17.6 Å². The lowest BCUT2D eigenvalue weighted by molar-refractivity contribution is -0.138. The fourth-order valence-electron chi connectivity index (χ4n) is 1.67. The monoisotopic (exact) mass is 352 g/mol. The molecular formula is C13H6BrClF4. The van der Waals surface area contributed by atoms with Gasteiger partial charge >= 0.3 is 6.18 Å². The Labute approximate surface area is 120 Å². The molecule has 0 radical (unpaired) electrons. The molecule has 0 aromatic heterocycles. The maximum atomic E-state index is 13.7. The van der Waals surface area contributed by atoms with Crippen LogP contribution in [0.3, 0.4) is 0 Å². The molecule has 2 rings (SSSR count). The minimum absolute atomic E-state index is 0.0397. The van der Waals surface area contributed by atoms with Crippen molar-refractivity contribution in [1.29, 1.82) is 0 Å². The highest BCUT2D eigenvalue weighted by atomic mass is 79.9. The van der Waals surface area contributed by atoms with E-state index in [1.807, 2.05) is 0 Å². The van der Waals surface area contributed by atoms with Gasteiger partial charge in [-0.1, -0.05) is 39.7 Å². The number of alkyl halides is 3. The third-order valence-corrected chi connectivity index (χ3v) is 3.53. The van der Waals surface area contributed by atoms with Crippen LogP contribution in [0.4, 0.5) is 17.6 Å². The predicted molar refractivity (Wildman–Crippen MR) is 69.5 cm³/mol. The van der Waals surface area contributed by atoms with Gasteiger partial charge in [0.25, 0.3) is 0 Å². The Kier molecular flexibility index (Phi) is 3.87. The lowest BCUT2D eigenvalue weighted by atomic mass is 10.0. The predicted octanol–water partition coefficient (Wildman–Crippen LogP) is 5.93. The summed E-state index contributed by atoms with van der Waals surface area (Å²) in [5, 5.41) is 0.0652. The van der Waals surface area contributed by atoms with Crippen LogP contribution in [0, 0.1) is 5.82 Å². The first-order chi connectivity index (χ1) is 8.80. The number of rotatable bonds is 1. The fraction of sp³-hybridized carbons (Fsp3) is 0.0769. The van der Waals surface area contributed by atoms with Crippen molar-refractivity contribution in [1.82, 2.24) is 0 Å². The summed E-state index contributed by atoms with van der Waals surface area (Å²) >= 11 is 8.67.